The molecule has 0 saturated heterocycles. The number of hydrogen-bond donors (Lipinski definition) is 1. The number of amides is 1. The van der Waals surface area contributed by atoms with Crippen molar-refractivity contribution in [2.45, 2.75) is 12.5 Å². The maximum atomic E-state index is 13.5. The first-order valence-electron chi connectivity index (χ1n) is 10.1. The van der Waals surface area contributed by atoms with Crippen LogP contribution in [0, 0.1) is 5.82 Å². The predicted molar refractivity (Wildman–Crippen MR) is 121 cm³/mol. The van der Waals surface area contributed by atoms with E-state index >= 15 is 0 Å². The zero-order valence-corrected chi connectivity index (χ0v) is 18.3. The van der Waals surface area contributed by atoms with Crippen LogP contribution in [0.25, 0.3) is 21.8 Å². The van der Waals surface area contributed by atoms with Gasteiger partial charge in [-0.1, -0.05) is 12.1 Å². The lowest BCUT2D eigenvalue weighted by atomic mass is 10.0. The molecule has 0 saturated carbocycles. The molecule has 166 valence electrons. The summed E-state index contributed by atoms with van der Waals surface area (Å²) in [6.45, 7) is 4.12. The van der Waals surface area contributed by atoms with Crippen LogP contribution in [0.3, 0.4) is 0 Å². The average Bonchev–Trinajstić information content (AvgIpc) is 3.50. The van der Waals surface area contributed by atoms with E-state index in [1.54, 1.807) is 4.90 Å². The standard InChI is InChI=1S/C22H18FN7O2S/c1-24-14-9-10-30(18(17(14)25-2)21-27-13-5-3-4-6-16(13)33-21)22(31)20-29-28-19(32-20)15-8-7-12(23)11-26-15/h3-8,11,18,24H,2,9-10H2,1H3. The molecule has 0 radical (unpaired) electrons. The van der Waals surface area contributed by atoms with E-state index < -0.39 is 17.8 Å². The molecule has 1 atom stereocenters. The highest BCUT2D eigenvalue weighted by molar-refractivity contribution is 7.18. The first-order valence-corrected chi connectivity index (χ1v) is 10.9. The van der Waals surface area contributed by atoms with Crippen LogP contribution >= 0.6 is 11.3 Å². The van der Waals surface area contributed by atoms with Crippen LogP contribution in [-0.2, 0) is 0 Å². The lowest BCUT2D eigenvalue weighted by Gasteiger charge is -2.35. The van der Waals surface area contributed by atoms with Gasteiger partial charge in [0.05, 0.1) is 22.1 Å². The lowest BCUT2D eigenvalue weighted by molar-refractivity contribution is 0.0648. The van der Waals surface area contributed by atoms with Crippen LogP contribution in [0.5, 0.6) is 0 Å². The molecule has 1 N–H and O–H groups in total. The van der Waals surface area contributed by atoms with Crippen LogP contribution in [0.15, 0.2) is 63.4 Å². The number of fused-ring (bicyclic) bond motifs is 1. The molecule has 1 aliphatic rings. The van der Waals surface area contributed by atoms with Crippen molar-refractivity contribution in [2.24, 2.45) is 4.99 Å². The zero-order valence-electron chi connectivity index (χ0n) is 17.5. The number of para-hydroxylation sites is 1. The van der Waals surface area contributed by atoms with Crippen molar-refractivity contribution in [3.05, 3.63) is 70.7 Å². The molecule has 0 aliphatic carbocycles. The highest BCUT2D eigenvalue weighted by Gasteiger charge is 2.38. The molecule has 0 fully saturated rings. The lowest BCUT2D eigenvalue weighted by Crippen LogP contribution is -2.41. The van der Waals surface area contributed by atoms with Gasteiger partial charge in [0.2, 0.25) is 0 Å². The van der Waals surface area contributed by atoms with E-state index in [4.69, 9.17) is 9.40 Å². The Labute approximate surface area is 191 Å². The molecule has 0 bridgehead atoms. The summed E-state index contributed by atoms with van der Waals surface area (Å²) < 4.78 is 19.8. The molecule has 3 aromatic heterocycles. The van der Waals surface area contributed by atoms with Crippen LogP contribution in [-0.4, -0.2) is 51.3 Å². The molecule has 11 heteroatoms. The smallest absolute Gasteiger partial charge is 0.312 e. The average molecular weight is 463 g/mol. The highest BCUT2D eigenvalue weighted by Crippen LogP contribution is 2.39. The van der Waals surface area contributed by atoms with Crippen molar-refractivity contribution in [1.82, 2.24) is 30.4 Å². The van der Waals surface area contributed by atoms with Gasteiger partial charge in [0.15, 0.2) is 0 Å². The predicted octanol–water partition coefficient (Wildman–Crippen LogP) is 3.60. The molecule has 9 nitrogen and oxygen atoms in total. The van der Waals surface area contributed by atoms with Crippen LogP contribution < -0.4 is 5.32 Å². The van der Waals surface area contributed by atoms with Gasteiger partial charge in [-0.2, -0.15) is 0 Å². The number of benzene rings is 1. The number of rotatable bonds is 5. The Hall–Kier alpha value is -3.99. The zero-order chi connectivity index (χ0) is 22.9. The second kappa shape index (κ2) is 8.51. The first kappa shape index (κ1) is 20.9. The van der Waals surface area contributed by atoms with Gasteiger partial charge in [-0.3, -0.25) is 9.79 Å². The van der Waals surface area contributed by atoms with Gasteiger partial charge in [-0.25, -0.2) is 14.4 Å². The first-order chi connectivity index (χ1) is 16.1. The second-order valence-electron chi connectivity index (χ2n) is 7.22. The molecular weight excluding hydrogens is 445 g/mol. The highest BCUT2D eigenvalue weighted by atomic mass is 32.1. The summed E-state index contributed by atoms with van der Waals surface area (Å²) in [7, 11) is 1.81. The number of aliphatic imine (C=N–C) groups is 1. The summed E-state index contributed by atoms with van der Waals surface area (Å²) in [6, 6.07) is 9.84. The molecule has 1 aromatic carbocycles. The number of nitrogens with one attached hydrogen (secondary N) is 1. The number of thiazole rings is 1. The number of pyridine rings is 1. The molecule has 1 amide bonds. The largest absolute Gasteiger partial charge is 0.411 e. The molecule has 33 heavy (non-hydrogen) atoms. The van der Waals surface area contributed by atoms with Gasteiger partial charge >= 0.3 is 11.8 Å². The summed E-state index contributed by atoms with van der Waals surface area (Å²) in [6.07, 6.45) is 1.60. The number of aromatic nitrogens is 4. The van der Waals surface area contributed by atoms with E-state index in [0.717, 1.165) is 22.1 Å². The molecule has 4 heterocycles. The fraction of sp³-hybridized carbons (Fsp3) is 0.182. The third-order valence-corrected chi connectivity index (χ3v) is 6.40. The van der Waals surface area contributed by atoms with Gasteiger partial charge < -0.3 is 14.6 Å². The van der Waals surface area contributed by atoms with Gasteiger partial charge in [-0.15, -0.1) is 21.5 Å². The SMILES string of the molecule is C=NC1=C(NC)CCN(C(=O)c2nnc(-c3ccc(F)cn3)o2)C1c1nc2ccccc2s1. The maximum Gasteiger partial charge on any atom is 0.312 e. The Morgan fingerprint density at radius 2 is 2.15 bits per heavy atom. The topological polar surface area (TPSA) is 109 Å². The fourth-order valence-electron chi connectivity index (χ4n) is 3.75. The summed E-state index contributed by atoms with van der Waals surface area (Å²) in [5, 5.41) is 11.7. The van der Waals surface area contributed by atoms with Crippen LogP contribution in [0.1, 0.15) is 28.2 Å². The second-order valence-corrected chi connectivity index (χ2v) is 8.28. The maximum absolute atomic E-state index is 13.5. The molecule has 4 aromatic rings. The minimum Gasteiger partial charge on any atom is -0.411 e. The Balaban J connectivity index is 1.54. The Morgan fingerprint density at radius 1 is 1.30 bits per heavy atom. The monoisotopic (exact) mass is 463 g/mol. The van der Waals surface area contributed by atoms with E-state index in [0.29, 0.717) is 23.7 Å². The van der Waals surface area contributed by atoms with Crippen molar-refractivity contribution in [3.8, 4) is 11.6 Å². The van der Waals surface area contributed by atoms with E-state index in [-0.39, 0.29) is 17.5 Å². The van der Waals surface area contributed by atoms with Gasteiger partial charge in [0, 0.05) is 25.7 Å². The quantitative estimate of drug-likeness (QED) is 0.450. The van der Waals surface area contributed by atoms with Crippen molar-refractivity contribution in [2.75, 3.05) is 13.6 Å². The molecule has 0 spiro atoms. The number of nitrogens with zero attached hydrogens (tertiary/aromatic N) is 6. The van der Waals surface area contributed by atoms with E-state index in [9.17, 15) is 9.18 Å². The third kappa shape index (κ3) is 3.76. The van der Waals surface area contributed by atoms with Gasteiger partial charge in [0.1, 0.15) is 22.6 Å². The van der Waals surface area contributed by atoms with Crippen LogP contribution in [0.2, 0.25) is 0 Å². The molecule has 1 aliphatic heterocycles. The van der Waals surface area contributed by atoms with Crippen LogP contribution in [0.4, 0.5) is 4.39 Å². The minimum atomic E-state index is -0.567. The Morgan fingerprint density at radius 3 is 2.88 bits per heavy atom. The molecule has 5 rings (SSSR count). The number of halogens is 1. The number of carbonyl (C=O) groups excluding carboxylic acids is 1. The third-order valence-electron chi connectivity index (χ3n) is 5.31. The minimum absolute atomic E-state index is 0.0282. The normalized spacial score (nSPS) is 16.3. The fourth-order valence-corrected chi connectivity index (χ4v) is 4.84. The van der Waals surface area contributed by atoms with Crippen molar-refractivity contribution in [1.29, 1.82) is 0 Å². The van der Waals surface area contributed by atoms with Gasteiger partial charge in [0.25, 0.3) is 5.89 Å². The van der Waals surface area contributed by atoms with Gasteiger partial charge in [-0.05, 0) is 31.0 Å². The summed E-state index contributed by atoms with van der Waals surface area (Å²) in [5.74, 6) is -1.12. The molecular formula is C22H18FN7O2S. The Bertz CT molecular complexity index is 1350. The van der Waals surface area contributed by atoms with Crippen molar-refractivity contribution < 1.29 is 13.6 Å². The van der Waals surface area contributed by atoms with E-state index in [1.165, 1.54) is 23.5 Å². The van der Waals surface area contributed by atoms with E-state index in [1.807, 2.05) is 31.3 Å². The summed E-state index contributed by atoms with van der Waals surface area (Å²) >= 11 is 1.49. The number of carbonyl (C=O) groups is 1. The number of hydrogen-bond acceptors (Lipinski definition) is 9. The van der Waals surface area contributed by atoms with Crippen molar-refractivity contribution >= 4 is 34.2 Å². The van der Waals surface area contributed by atoms with E-state index in [2.05, 4.69) is 32.2 Å². The summed E-state index contributed by atoms with van der Waals surface area (Å²) in [5.41, 5.74) is 2.62. The molecule has 1 unspecified atom stereocenters. The summed E-state index contributed by atoms with van der Waals surface area (Å²) in [4.78, 5) is 28.0. The van der Waals surface area contributed by atoms with Crippen molar-refractivity contribution in [3.63, 3.8) is 0 Å². The Kier molecular flexibility index (Phi) is 5.38.